The molecule has 0 radical (unpaired) electrons. The second-order valence-electron chi connectivity index (χ2n) is 4.15. The Morgan fingerprint density at radius 1 is 1.40 bits per heavy atom. The maximum atomic E-state index is 11.7. The summed E-state index contributed by atoms with van der Waals surface area (Å²) < 4.78 is 0. The molecule has 5 nitrogen and oxygen atoms in total. The first-order valence-corrected chi connectivity index (χ1v) is 5.50. The average molecular weight is 211 g/mol. The highest BCUT2D eigenvalue weighted by molar-refractivity contribution is 5.87. The van der Waals surface area contributed by atoms with Crippen molar-refractivity contribution in [3.05, 3.63) is 0 Å². The predicted molar refractivity (Wildman–Crippen MR) is 55.2 cm³/mol. The summed E-state index contributed by atoms with van der Waals surface area (Å²) in [5.74, 6) is 0.138. The van der Waals surface area contributed by atoms with E-state index in [1.165, 1.54) is 0 Å². The molecule has 0 saturated carbocycles. The van der Waals surface area contributed by atoms with Gasteiger partial charge in [0, 0.05) is 19.6 Å². The fraction of sp³-hybridized carbons (Fsp3) is 0.800. The van der Waals surface area contributed by atoms with E-state index in [0.29, 0.717) is 13.1 Å². The third kappa shape index (κ3) is 1.97. The van der Waals surface area contributed by atoms with Crippen LogP contribution >= 0.6 is 0 Å². The Morgan fingerprint density at radius 3 is 2.93 bits per heavy atom. The van der Waals surface area contributed by atoms with Crippen LogP contribution in [0.5, 0.6) is 0 Å². The molecule has 0 bridgehead atoms. The summed E-state index contributed by atoms with van der Waals surface area (Å²) in [6.45, 7) is 4.99. The van der Waals surface area contributed by atoms with Crippen molar-refractivity contribution in [1.82, 2.24) is 15.1 Å². The molecule has 0 aromatic heterocycles. The maximum absolute atomic E-state index is 11.7. The number of rotatable bonds is 2. The molecule has 1 atom stereocenters. The van der Waals surface area contributed by atoms with Gasteiger partial charge in [-0.3, -0.25) is 9.59 Å². The van der Waals surface area contributed by atoms with Gasteiger partial charge in [0.15, 0.2) is 0 Å². The van der Waals surface area contributed by atoms with Crippen molar-refractivity contribution in [3.8, 4) is 0 Å². The molecule has 0 aromatic carbocycles. The van der Waals surface area contributed by atoms with Crippen molar-refractivity contribution in [2.24, 2.45) is 0 Å². The summed E-state index contributed by atoms with van der Waals surface area (Å²) >= 11 is 0. The molecule has 2 aliphatic heterocycles. The molecule has 2 aliphatic rings. The molecule has 0 aromatic rings. The lowest BCUT2D eigenvalue weighted by Gasteiger charge is -2.43. The van der Waals surface area contributed by atoms with E-state index in [4.69, 9.17) is 0 Å². The van der Waals surface area contributed by atoms with Gasteiger partial charge in [-0.15, -0.1) is 0 Å². The summed E-state index contributed by atoms with van der Waals surface area (Å²) in [6.07, 6.45) is 0.972. The van der Waals surface area contributed by atoms with Gasteiger partial charge in [-0.25, -0.2) is 0 Å². The van der Waals surface area contributed by atoms with Gasteiger partial charge >= 0.3 is 0 Å². The van der Waals surface area contributed by atoms with E-state index in [-0.39, 0.29) is 24.4 Å². The lowest BCUT2D eigenvalue weighted by molar-refractivity contribution is -0.150. The minimum Gasteiger partial charge on any atom is -0.339 e. The van der Waals surface area contributed by atoms with Gasteiger partial charge in [0.05, 0.1) is 12.6 Å². The van der Waals surface area contributed by atoms with Crippen molar-refractivity contribution in [3.63, 3.8) is 0 Å². The standard InChI is InChI=1S/C10H17N3O2/c1-2-3-12-6-8-4-11-5-9(14)13(8)7-10(12)15/h8,11H,2-7H2,1H3. The zero-order chi connectivity index (χ0) is 10.8. The first kappa shape index (κ1) is 10.4. The van der Waals surface area contributed by atoms with Crippen LogP contribution in [0.25, 0.3) is 0 Å². The summed E-state index contributed by atoms with van der Waals surface area (Å²) in [5, 5.41) is 3.08. The number of nitrogens with zero attached hydrogens (tertiary/aromatic N) is 2. The highest BCUT2D eigenvalue weighted by Gasteiger charge is 2.36. The molecule has 2 rings (SSSR count). The number of fused-ring (bicyclic) bond motifs is 1. The fourth-order valence-electron chi connectivity index (χ4n) is 2.23. The van der Waals surface area contributed by atoms with Gasteiger partial charge in [-0.2, -0.15) is 0 Å². The Hall–Kier alpha value is -1.10. The van der Waals surface area contributed by atoms with E-state index in [9.17, 15) is 9.59 Å². The van der Waals surface area contributed by atoms with Crippen LogP contribution in [0.4, 0.5) is 0 Å². The van der Waals surface area contributed by atoms with Crippen LogP contribution in [0.2, 0.25) is 0 Å². The molecule has 0 aliphatic carbocycles. The van der Waals surface area contributed by atoms with E-state index in [1.807, 2.05) is 4.90 Å². The van der Waals surface area contributed by atoms with Crippen LogP contribution in [0.1, 0.15) is 13.3 Å². The summed E-state index contributed by atoms with van der Waals surface area (Å²) in [4.78, 5) is 26.8. The van der Waals surface area contributed by atoms with Gasteiger partial charge in [0.2, 0.25) is 11.8 Å². The number of hydrogen-bond acceptors (Lipinski definition) is 3. The third-order valence-electron chi connectivity index (χ3n) is 3.00. The predicted octanol–water partition coefficient (Wildman–Crippen LogP) is -0.961. The topological polar surface area (TPSA) is 52.7 Å². The second kappa shape index (κ2) is 4.18. The van der Waals surface area contributed by atoms with Crippen LogP contribution in [-0.2, 0) is 9.59 Å². The number of hydrogen-bond donors (Lipinski definition) is 1. The van der Waals surface area contributed by atoms with Crippen LogP contribution in [0.15, 0.2) is 0 Å². The van der Waals surface area contributed by atoms with Crippen LogP contribution in [0.3, 0.4) is 0 Å². The first-order chi connectivity index (χ1) is 7.22. The van der Waals surface area contributed by atoms with E-state index in [1.54, 1.807) is 4.90 Å². The van der Waals surface area contributed by atoms with Crippen LogP contribution in [-0.4, -0.2) is 60.4 Å². The Morgan fingerprint density at radius 2 is 2.20 bits per heavy atom. The zero-order valence-corrected chi connectivity index (χ0v) is 9.03. The average Bonchev–Trinajstić information content (AvgIpc) is 2.21. The SMILES string of the molecule is CCCN1CC2CNCC(=O)N2CC1=O. The van der Waals surface area contributed by atoms with Crippen LogP contribution < -0.4 is 5.32 Å². The van der Waals surface area contributed by atoms with Gasteiger partial charge in [0.25, 0.3) is 0 Å². The highest BCUT2D eigenvalue weighted by atomic mass is 16.2. The molecular formula is C10H17N3O2. The molecule has 0 spiro atoms. The molecule has 2 saturated heterocycles. The lowest BCUT2D eigenvalue weighted by atomic mass is 10.1. The minimum absolute atomic E-state index is 0.0516. The Kier molecular flexibility index (Phi) is 2.90. The molecule has 84 valence electrons. The molecule has 15 heavy (non-hydrogen) atoms. The van der Waals surface area contributed by atoms with Gasteiger partial charge in [-0.1, -0.05) is 6.92 Å². The zero-order valence-electron chi connectivity index (χ0n) is 9.03. The largest absolute Gasteiger partial charge is 0.339 e. The van der Waals surface area contributed by atoms with E-state index < -0.39 is 0 Å². The second-order valence-corrected chi connectivity index (χ2v) is 4.15. The molecular weight excluding hydrogens is 194 g/mol. The number of piperazine rings is 2. The number of carbonyl (C=O) groups is 2. The quantitative estimate of drug-likeness (QED) is 0.640. The summed E-state index contributed by atoms with van der Waals surface area (Å²) in [5.41, 5.74) is 0. The number of nitrogens with one attached hydrogen (secondary N) is 1. The number of amides is 2. The summed E-state index contributed by atoms with van der Waals surface area (Å²) in [7, 11) is 0. The molecule has 2 amide bonds. The normalized spacial score (nSPS) is 26.9. The van der Waals surface area contributed by atoms with Gasteiger partial charge in [0.1, 0.15) is 6.54 Å². The van der Waals surface area contributed by atoms with E-state index >= 15 is 0 Å². The Balaban J connectivity index is 2.04. The van der Waals surface area contributed by atoms with Crippen molar-refractivity contribution in [2.75, 3.05) is 32.7 Å². The van der Waals surface area contributed by atoms with Gasteiger partial charge < -0.3 is 15.1 Å². The monoisotopic (exact) mass is 211 g/mol. The third-order valence-corrected chi connectivity index (χ3v) is 3.00. The van der Waals surface area contributed by atoms with Crippen molar-refractivity contribution >= 4 is 11.8 Å². The molecule has 1 unspecified atom stereocenters. The van der Waals surface area contributed by atoms with Crippen molar-refractivity contribution in [1.29, 1.82) is 0 Å². The van der Waals surface area contributed by atoms with Crippen molar-refractivity contribution < 1.29 is 9.59 Å². The van der Waals surface area contributed by atoms with Crippen molar-refractivity contribution in [2.45, 2.75) is 19.4 Å². The number of carbonyl (C=O) groups excluding carboxylic acids is 2. The van der Waals surface area contributed by atoms with E-state index in [0.717, 1.165) is 19.5 Å². The first-order valence-electron chi connectivity index (χ1n) is 5.50. The summed E-state index contributed by atoms with van der Waals surface area (Å²) in [6, 6.07) is 0.176. The molecule has 1 N–H and O–H groups in total. The molecule has 2 heterocycles. The Labute approximate surface area is 89.4 Å². The van der Waals surface area contributed by atoms with Crippen LogP contribution in [0, 0.1) is 0 Å². The maximum Gasteiger partial charge on any atom is 0.242 e. The minimum atomic E-state index is 0.0516. The Bertz CT molecular complexity index is 280. The highest BCUT2D eigenvalue weighted by Crippen LogP contribution is 2.13. The lowest BCUT2D eigenvalue weighted by Crippen LogP contribution is -2.65. The smallest absolute Gasteiger partial charge is 0.242 e. The van der Waals surface area contributed by atoms with Gasteiger partial charge in [-0.05, 0) is 6.42 Å². The van der Waals surface area contributed by atoms with E-state index in [2.05, 4.69) is 12.2 Å². The fourth-order valence-corrected chi connectivity index (χ4v) is 2.23. The molecule has 2 fully saturated rings. The molecule has 5 heteroatoms.